The number of hydrogen-bond donors (Lipinski definition) is 0. The maximum atomic E-state index is 5.92. The summed E-state index contributed by atoms with van der Waals surface area (Å²) in [5.41, 5.74) is 0. The summed E-state index contributed by atoms with van der Waals surface area (Å²) in [4.78, 5) is 3.69. The smallest absolute Gasteiger partial charge is 0.0320 e. The fraction of sp³-hybridized carbons (Fsp3) is 0.538. The van der Waals surface area contributed by atoms with Crippen LogP contribution in [0.3, 0.4) is 0 Å². The van der Waals surface area contributed by atoms with Crippen molar-refractivity contribution in [2.75, 3.05) is 25.9 Å². The molecule has 90 valence electrons. The number of alkyl halides is 1. The molecular formula is C13H20ClNS. The predicted molar refractivity (Wildman–Crippen MR) is 74.6 cm³/mol. The molecular weight excluding hydrogens is 238 g/mol. The average Bonchev–Trinajstić information content (AvgIpc) is 2.28. The summed E-state index contributed by atoms with van der Waals surface area (Å²) < 4.78 is 0. The third kappa shape index (κ3) is 6.41. The topological polar surface area (TPSA) is 3.24 Å². The van der Waals surface area contributed by atoms with Crippen molar-refractivity contribution in [3.8, 4) is 0 Å². The lowest BCUT2D eigenvalue weighted by atomic mass is 10.3. The molecule has 0 saturated heterocycles. The van der Waals surface area contributed by atoms with E-state index in [4.69, 9.17) is 11.6 Å². The molecule has 0 aliphatic carbocycles. The summed E-state index contributed by atoms with van der Waals surface area (Å²) in [6.45, 7) is 4.25. The highest BCUT2D eigenvalue weighted by Crippen LogP contribution is 2.16. The Morgan fingerprint density at radius 2 is 1.94 bits per heavy atom. The molecule has 0 aromatic heterocycles. The van der Waals surface area contributed by atoms with Crippen molar-refractivity contribution in [2.24, 2.45) is 0 Å². The first-order valence-electron chi connectivity index (χ1n) is 5.69. The van der Waals surface area contributed by atoms with Gasteiger partial charge in [0.25, 0.3) is 0 Å². The first-order valence-corrected chi connectivity index (χ1v) is 7.11. The minimum absolute atomic E-state index is 0.282. The molecule has 0 spiro atoms. The van der Waals surface area contributed by atoms with Gasteiger partial charge in [0.2, 0.25) is 0 Å². The molecule has 0 saturated carbocycles. The second-order valence-electron chi connectivity index (χ2n) is 4.03. The molecule has 16 heavy (non-hydrogen) atoms. The maximum absolute atomic E-state index is 5.92. The highest BCUT2D eigenvalue weighted by molar-refractivity contribution is 7.99. The van der Waals surface area contributed by atoms with Gasteiger partial charge in [0.15, 0.2) is 0 Å². The summed E-state index contributed by atoms with van der Waals surface area (Å²) in [6.07, 6.45) is 1.06. The van der Waals surface area contributed by atoms with Crippen molar-refractivity contribution in [3.05, 3.63) is 30.3 Å². The van der Waals surface area contributed by atoms with Crippen molar-refractivity contribution in [1.82, 2.24) is 4.90 Å². The second-order valence-corrected chi connectivity index (χ2v) is 5.95. The van der Waals surface area contributed by atoms with Crippen molar-refractivity contribution in [1.29, 1.82) is 0 Å². The van der Waals surface area contributed by atoms with Crippen molar-refractivity contribution >= 4 is 23.4 Å². The Labute approximate surface area is 108 Å². The molecule has 1 rings (SSSR count). The minimum atomic E-state index is 0.282. The van der Waals surface area contributed by atoms with E-state index in [1.807, 2.05) is 18.7 Å². The van der Waals surface area contributed by atoms with Crippen molar-refractivity contribution in [2.45, 2.75) is 23.6 Å². The molecule has 0 N–H and O–H groups in total. The molecule has 0 amide bonds. The Morgan fingerprint density at radius 3 is 2.56 bits per heavy atom. The van der Waals surface area contributed by atoms with Gasteiger partial charge < -0.3 is 4.90 Å². The summed E-state index contributed by atoms with van der Waals surface area (Å²) in [6, 6.07) is 10.5. The van der Waals surface area contributed by atoms with Gasteiger partial charge in [-0.2, -0.15) is 0 Å². The van der Waals surface area contributed by atoms with E-state index in [2.05, 4.69) is 42.3 Å². The van der Waals surface area contributed by atoms with Crippen LogP contribution in [0.1, 0.15) is 13.3 Å². The molecule has 0 fully saturated rings. The molecule has 0 aliphatic rings. The standard InChI is InChI=1S/C13H20ClNS/c1-12(14)8-9-15(2)10-11-16-13-6-4-3-5-7-13/h3-7,12H,8-11H2,1-2H3. The lowest BCUT2D eigenvalue weighted by Gasteiger charge is -2.16. The number of thioether (sulfide) groups is 1. The van der Waals surface area contributed by atoms with E-state index < -0.39 is 0 Å². The van der Waals surface area contributed by atoms with Crippen LogP contribution in [-0.4, -0.2) is 36.2 Å². The molecule has 0 aliphatic heterocycles. The summed E-state index contributed by atoms with van der Waals surface area (Å²) in [5, 5.41) is 0.282. The largest absolute Gasteiger partial charge is 0.305 e. The second kappa shape index (κ2) is 7.99. The molecule has 1 unspecified atom stereocenters. The highest BCUT2D eigenvalue weighted by Gasteiger charge is 2.01. The van der Waals surface area contributed by atoms with Gasteiger partial charge >= 0.3 is 0 Å². The van der Waals surface area contributed by atoms with E-state index in [-0.39, 0.29) is 5.38 Å². The summed E-state index contributed by atoms with van der Waals surface area (Å²) in [7, 11) is 2.16. The predicted octanol–water partition coefficient (Wildman–Crippen LogP) is 3.73. The lowest BCUT2D eigenvalue weighted by Crippen LogP contribution is -2.23. The lowest BCUT2D eigenvalue weighted by molar-refractivity contribution is 0.349. The Bertz CT molecular complexity index is 277. The van der Waals surface area contributed by atoms with Crippen LogP contribution in [0.15, 0.2) is 35.2 Å². The minimum Gasteiger partial charge on any atom is -0.305 e. The van der Waals surface area contributed by atoms with Gasteiger partial charge in [0.05, 0.1) is 0 Å². The third-order valence-electron chi connectivity index (χ3n) is 2.39. The van der Waals surface area contributed by atoms with Crippen LogP contribution in [0.25, 0.3) is 0 Å². The Balaban J connectivity index is 2.11. The SMILES string of the molecule is CC(Cl)CCN(C)CCSc1ccccc1. The van der Waals surface area contributed by atoms with Gasteiger partial charge in [-0.1, -0.05) is 18.2 Å². The first kappa shape index (κ1) is 13.9. The zero-order valence-corrected chi connectivity index (χ0v) is 11.6. The van der Waals surface area contributed by atoms with E-state index in [1.165, 1.54) is 4.90 Å². The molecule has 0 radical (unpaired) electrons. The normalized spacial score (nSPS) is 13.0. The molecule has 3 heteroatoms. The molecule has 1 aromatic carbocycles. The van der Waals surface area contributed by atoms with E-state index in [1.54, 1.807) is 0 Å². The molecule has 1 aromatic rings. The van der Waals surface area contributed by atoms with Gasteiger partial charge in [-0.25, -0.2) is 0 Å². The number of halogens is 1. The monoisotopic (exact) mass is 257 g/mol. The van der Waals surface area contributed by atoms with E-state index >= 15 is 0 Å². The Kier molecular flexibility index (Phi) is 6.93. The molecule has 0 heterocycles. The quantitative estimate of drug-likeness (QED) is 0.541. The van der Waals surface area contributed by atoms with Crippen LogP contribution in [0.5, 0.6) is 0 Å². The Hall–Kier alpha value is -0.180. The van der Waals surface area contributed by atoms with Crippen LogP contribution in [0, 0.1) is 0 Å². The van der Waals surface area contributed by atoms with Crippen molar-refractivity contribution in [3.63, 3.8) is 0 Å². The Morgan fingerprint density at radius 1 is 1.25 bits per heavy atom. The van der Waals surface area contributed by atoms with Crippen LogP contribution in [0.4, 0.5) is 0 Å². The maximum Gasteiger partial charge on any atom is 0.0320 e. The zero-order chi connectivity index (χ0) is 11.8. The number of benzene rings is 1. The molecule has 1 atom stereocenters. The fourth-order valence-electron chi connectivity index (χ4n) is 1.35. The summed E-state index contributed by atoms with van der Waals surface area (Å²) in [5.74, 6) is 1.14. The highest BCUT2D eigenvalue weighted by atomic mass is 35.5. The third-order valence-corrected chi connectivity index (χ3v) is 3.60. The van der Waals surface area contributed by atoms with Gasteiger partial charge in [-0.3, -0.25) is 0 Å². The van der Waals surface area contributed by atoms with Gasteiger partial charge in [0.1, 0.15) is 0 Å². The molecule has 1 nitrogen and oxygen atoms in total. The van der Waals surface area contributed by atoms with E-state index in [9.17, 15) is 0 Å². The van der Waals surface area contributed by atoms with Gasteiger partial charge in [-0.15, -0.1) is 23.4 Å². The molecule has 0 bridgehead atoms. The van der Waals surface area contributed by atoms with E-state index in [0.717, 1.165) is 25.3 Å². The van der Waals surface area contributed by atoms with Crippen LogP contribution in [-0.2, 0) is 0 Å². The number of hydrogen-bond acceptors (Lipinski definition) is 2. The average molecular weight is 258 g/mol. The van der Waals surface area contributed by atoms with Crippen molar-refractivity contribution < 1.29 is 0 Å². The zero-order valence-electron chi connectivity index (χ0n) is 10.0. The fourth-order valence-corrected chi connectivity index (χ4v) is 2.43. The first-order chi connectivity index (χ1) is 7.68. The van der Waals surface area contributed by atoms with Crippen LogP contribution >= 0.6 is 23.4 Å². The number of nitrogens with zero attached hydrogens (tertiary/aromatic N) is 1. The number of rotatable bonds is 7. The summed E-state index contributed by atoms with van der Waals surface area (Å²) >= 11 is 7.83. The van der Waals surface area contributed by atoms with E-state index in [0.29, 0.717) is 0 Å². The van der Waals surface area contributed by atoms with Crippen LogP contribution < -0.4 is 0 Å². The van der Waals surface area contributed by atoms with Crippen LogP contribution in [0.2, 0.25) is 0 Å². The van der Waals surface area contributed by atoms with Gasteiger partial charge in [0, 0.05) is 22.6 Å². The van der Waals surface area contributed by atoms with Gasteiger partial charge in [-0.05, 0) is 39.1 Å².